The molecule has 0 radical (unpaired) electrons. The van der Waals surface area contributed by atoms with Crippen LogP contribution < -0.4 is 0 Å². The van der Waals surface area contributed by atoms with Gasteiger partial charge in [-0.3, -0.25) is 14.4 Å². The molecule has 1 atom stereocenters. The highest BCUT2D eigenvalue weighted by atomic mass is 16.6. The molecule has 0 rings (SSSR count). The van der Waals surface area contributed by atoms with E-state index in [1.54, 1.807) is 0 Å². The van der Waals surface area contributed by atoms with Crippen molar-refractivity contribution in [3.8, 4) is 0 Å². The predicted octanol–water partition coefficient (Wildman–Crippen LogP) is 21.3. The molecule has 0 aromatic rings. The van der Waals surface area contributed by atoms with Crippen LogP contribution in [-0.4, -0.2) is 37.2 Å². The van der Waals surface area contributed by atoms with Crippen LogP contribution in [0, 0.1) is 0 Å². The normalized spacial score (nSPS) is 12.0. The summed E-state index contributed by atoms with van der Waals surface area (Å²) < 4.78 is 16.8. The van der Waals surface area contributed by atoms with Gasteiger partial charge in [0.05, 0.1) is 0 Å². The van der Waals surface area contributed by atoms with E-state index in [9.17, 15) is 14.4 Å². The van der Waals surface area contributed by atoms with E-state index in [1.807, 2.05) is 0 Å². The lowest BCUT2D eigenvalue weighted by atomic mass is 10.0. The van der Waals surface area contributed by atoms with E-state index in [1.165, 1.54) is 257 Å². The summed E-state index contributed by atoms with van der Waals surface area (Å²) in [6.45, 7) is 6.64. The highest BCUT2D eigenvalue weighted by Gasteiger charge is 2.19. The number of hydrogen-bond donors (Lipinski definition) is 0. The van der Waals surface area contributed by atoms with E-state index in [-0.39, 0.29) is 31.1 Å². The van der Waals surface area contributed by atoms with Gasteiger partial charge >= 0.3 is 17.9 Å². The summed E-state index contributed by atoms with van der Waals surface area (Å²) >= 11 is 0. The van der Waals surface area contributed by atoms with Crippen LogP contribution in [0.5, 0.6) is 0 Å². The number of esters is 3. The summed E-state index contributed by atoms with van der Waals surface area (Å²) in [5.41, 5.74) is 0. The van der Waals surface area contributed by atoms with Crippen molar-refractivity contribution in [3.05, 3.63) is 12.2 Å². The lowest BCUT2D eigenvalue weighted by molar-refractivity contribution is -0.167. The van der Waals surface area contributed by atoms with Gasteiger partial charge in [-0.2, -0.15) is 0 Å². The molecule has 414 valence electrons. The van der Waals surface area contributed by atoms with E-state index in [0.717, 1.165) is 64.2 Å². The molecule has 70 heavy (non-hydrogen) atoms. The zero-order chi connectivity index (χ0) is 50.7. The SMILES string of the molecule is CCCCCC/C=C\CCCCCCCC(=O)OC(COC(=O)CCCCCCCCCC)COC(=O)CCCCCCCCCCCCCCCCCCCCCCCCCCCCCCCCC. The molecule has 0 aromatic heterocycles. The molecule has 6 nitrogen and oxygen atoms in total. The Balaban J connectivity index is 3.95. The second-order valence-corrected chi connectivity index (χ2v) is 21.7. The van der Waals surface area contributed by atoms with Crippen LogP contribution in [0.3, 0.4) is 0 Å². The van der Waals surface area contributed by atoms with Crippen LogP contribution in [-0.2, 0) is 28.6 Å². The summed E-state index contributed by atoms with van der Waals surface area (Å²) in [5.74, 6) is -0.860. The molecule has 0 spiro atoms. The molecule has 1 unspecified atom stereocenters. The van der Waals surface area contributed by atoms with Crippen LogP contribution >= 0.6 is 0 Å². The van der Waals surface area contributed by atoms with Crippen molar-refractivity contribution < 1.29 is 28.6 Å². The maximum Gasteiger partial charge on any atom is 0.306 e. The third-order valence-electron chi connectivity index (χ3n) is 14.5. The lowest BCUT2D eigenvalue weighted by Crippen LogP contribution is -2.30. The maximum atomic E-state index is 12.8. The first-order valence-electron chi connectivity index (χ1n) is 31.7. The second-order valence-electron chi connectivity index (χ2n) is 21.7. The van der Waals surface area contributed by atoms with Gasteiger partial charge in [-0.1, -0.05) is 309 Å². The Morgan fingerprint density at radius 3 is 0.729 bits per heavy atom. The third kappa shape index (κ3) is 57.1. The van der Waals surface area contributed by atoms with E-state index in [2.05, 4.69) is 32.9 Å². The van der Waals surface area contributed by atoms with Gasteiger partial charge in [0.1, 0.15) is 13.2 Å². The van der Waals surface area contributed by atoms with Crippen LogP contribution in [0.25, 0.3) is 0 Å². The number of hydrogen-bond acceptors (Lipinski definition) is 6. The summed E-state index contributed by atoms with van der Waals surface area (Å²) in [6.07, 6.45) is 69.8. The van der Waals surface area contributed by atoms with Crippen LogP contribution in [0.15, 0.2) is 12.2 Å². The van der Waals surface area contributed by atoms with Crippen molar-refractivity contribution in [1.29, 1.82) is 0 Å². The first-order chi connectivity index (χ1) is 34.5. The highest BCUT2D eigenvalue weighted by Crippen LogP contribution is 2.18. The molecular weight excluding hydrogens is 865 g/mol. The van der Waals surface area contributed by atoms with Gasteiger partial charge in [-0.15, -0.1) is 0 Å². The molecule has 0 N–H and O–H groups in total. The molecule has 0 heterocycles. The number of carbonyl (C=O) groups is 3. The van der Waals surface area contributed by atoms with Crippen molar-refractivity contribution in [2.24, 2.45) is 0 Å². The molecule has 0 aliphatic rings. The van der Waals surface area contributed by atoms with E-state index in [0.29, 0.717) is 19.3 Å². The smallest absolute Gasteiger partial charge is 0.306 e. The van der Waals surface area contributed by atoms with Crippen LogP contribution in [0.2, 0.25) is 0 Å². The fourth-order valence-corrected chi connectivity index (χ4v) is 9.74. The Bertz CT molecular complexity index is 1090. The first-order valence-corrected chi connectivity index (χ1v) is 31.7. The van der Waals surface area contributed by atoms with Gasteiger partial charge < -0.3 is 14.2 Å². The Labute approximate surface area is 437 Å². The van der Waals surface area contributed by atoms with Gasteiger partial charge in [-0.05, 0) is 44.9 Å². The van der Waals surface area contributed by atoms with Gasteiger partial charge in [0.15, 0.2) is 6.10 Å². The largest absolute Gasteiger partial charge is 0.462 e. The van der Waals surface area contributed by atoms with Crippen molar-refractivity contribution in [1.82, 2.24) is 0 Å². The van der Waals surface area contributed by atoms with E-state index < -0.39 is 6.10 Å². The Kier molecular flexibility index (Phi) is 58.1. The van der Waals surface area contributed by atoms with E-state index in [4.69, 9.17) is 14.2 Å². The van der Waals surface area contributed by atoms with Crippen molar-refractivity contribution in [3.63, 3.8) is 0 Å². The maximum absolute atomic E-state index is 12.8. The highest BCUT2D eigenvalue weighted by molar-refractivity contribution is 5.71. The minimum Gasteiger partial charge on any atom is -0.462 e. The predicted molar refractivity (Wildman–Crippen MR) is 303 cm³/mol. The number of allylic oxidation sites excluding steroid dienone is 2. The molecule has 0 aliphatic carbocycles. The summed E-state index contributed by atoms with van der Waals surface area (Å²) in [5, 5.41) is 0. The van der Waals surface area contributed by atoms with Crippen molar-refractivity contribution in [2.75, 3.05) is 13.2 Å². The number of unbranched alkanes of at least 4 members (excludes halogenated alkanes) is 46. The average molecular weight is 988 g/mol. The zero-order valence-corrected chi connectivity index (χ0v) is 47.6. The third-order valence-corrected chi connectivity index (χ3v) is 14.5. The standard InChI is InChI=1S/C64H122O6/c1-4-7-10-13-16-19-21-23-24-25-26-27-28-29-30-31-32-33-34-35-36-37-38-39-40-42-43-45-48-51-54-57-63(66)69-60-61(59-68-62(65)56-53-50-47-18-15-12-9-6-3)70-64(67)58-55-52-49-46-44-41-22-20-17-14-11-8-5-2/h20,22,61H,4-19,21,23-60H2,1-3H3/b22-20-. The molecule has 6 heteroatoms. The van der Waals surface area contributed by atoms with Crippen LogP contribution in [0.4, 0.5) is 0 Å². The second kappa shape index (κ2) is 59.7. The van der Waals surface area contributed by atoms with Gasteiger partial charge in [-0.25, -0.2) is 0 Å². The quantitative estimate of drug-likeness (QED) is 0.0261. The summed E-state index contributed by atoms with van der Waals surface area (Å²) in [4.78, 5) is 38.0. The van der Waals surface area contributed by atoms with E-state index >= 15 is 0 Å². The van der Waals surface area contributed by atoms with Crippen molar-refractivity contribution in [2.45, 2.75) is 367 Å². The fraction of sp³-hybridized carbons (Fsp3) is 0.922. The Hall–Kier alpha value is -1.85. The number of carbonyl (C=O) groups excluding carboxylic acids is 3. The molecule has 0 saturated carbocycles. The van der Waals surface area contributed by atoms with Gasteiger partial charge in [0.25, 0.3) is 0 Å². The monoisotopic (exact) mass is 987 g/mol. The zero-order valence-electron chi connectivity index (χ0n) is 47.6. The van der Waals surface area contributed by atoms with Crippen LogP contribution in [0.1, 0.15) is 361 Å². The minimum atomic E-state index is -0.768. The molecular formula is C64H122O6. The molecule has 0 saturated heterocycles. The fourth-order valence-electron chi connectivity index (χ4n) is 9.74. The Morgan fingerprint density at radius 1 is 0.271 bits per heavy atom. The topological polar surface area (TPSA) is 78.9 Å². The molecule has 0 aliphatic heterocycles. The molecule has 0 aromatic carbocycles. The Morgan fingerprint density at radius 2 is 0.471 bits per heavy atom. The van der Waals surface area contributed by atoms with Gasteiger partial charge in [0.2, 0.25) is 0 Å². The average Bonchev–Trinajstić information content (AvgIpc) is 3.36. The minimum absolute atomic E-state index is 0.0681. The molecule has 0 fully saturated rings. The first kappa shape index (κ1) is 68.2. The van der Waals surface area contributed by atoms with Gasteiger partial charge in [0, 0.05) is 19.3 Å². The summed E-state index contributed by atoms with van der Waals surface area (Å²) in [7, 11) is 0. The van der Waals surface area contributed by atoms with Crippen molar-refractivity contribution >= 4 is 17.9 Å². The number of ether oxygens (including phenoxy) is 3. The lowest BCUT2D eigenvalue weighted by Gasteiger charge is -2.18. The summed E-state index contributed by atoms with van der Waals surface area (Å²) in [6, 6.07) is 0. The molecule has 0 bridgehead atoms. The molecule has 0 amide bonds. The number of rotatable bonds is 59.